The molecule has 1 atom stereocenters. The van der Waals surface area contributed by atoms with Crippen LogP contribution in [0.3, 0.4) is 0 Å². The molecule has 1 aliphatic rings. The fraction of sp³-hybridized carbons (Fsp3) is 0.500. The molecule has 0 bridgehead atoms. The summed E-state index contributed by atoms with van der Waals surface area (Å²) in [6.07, 6.45) is 6.12. The average molecular weight is 236 g/mol. The molecule has 5 nitrogen and oxygen atoms in total. The lowest BCUT2D eigenvalue weighted by atomic mass is 10.1. The van der Waals surface area contributed by atoms with E-state index in [4.69, 9.17) is 15.2 Å². The number of nitrogen functional groups attached to an aromatic ring is 1. The Morgan fingerprint density at radius 1 is 1.53 bits per heavy atom. The summed E-state index contributed by atoms with van der Waals surface area (Å²) in [7, 11) is 0. The number of nitrogens with zero attached hydrogens (tertiary/aromatic N) is 1. The Hall–Kier alpha value is -1.62. The highest BCUT2D eigenvalue weighted by Crippen LogP contribution is 2.13. The number of carbonyl (C=O) groups excluding carboxylic acids is 1. The normalized spacial score (nSPS) is 19.9. The molecule has 1 unspecified atom stereocenters. The molecule has 0 saturated carbocycles. The first-order chi connectivity index (χ1) is 8.25. The van der Waals surface area contributed by atoms with Crippen LogP contribution in [-0.2, 0) is 9.47 Å². The van der Waals surface area contributed by atoms with Crippen LogP contribution < -0.4 is 5.73 Å². The van der Waals surface area contributed by atoms with Gasteiger partial charge in [-0.3, -0.25) is 4.98 Å². The summed E-state index contributed by atoms with van der Waals surface area (Å²) in [5.74, 6) is -0.404. The molecule has 1 aromatic heterocycles. The minimum absolute atomic E-state index is 0.0294. The maximum absolute atomic E-state index is 11.7. The molecule has 0 spiro atoms. The van der Waals surface area contributed by atoms with Crippen molar-refractivity contribution in [2.24, 2.45) is 0 Å². The molecular weight excluding hydrogens is 220 g/mol. The molecule has 0 aromatic carbocycles. The Balaban J connectivity index is 1.84. The lowest BCUT2D eigenvalue weighted by Gasteiger charge is -2.22. The van der Waals surface area contributed by atoms with Crippen molar-refractivity contribution in [1.29, 1.82) is 0 Å². The van der Waals surface area contributed by atoms with E-state index in [2.05, 4.69) is 4.98 Å². The van der Waals surface area contributed by atoms with E-state index in [1.165, 1.54) is 12.4 Å². The zero-order valence-corrected chi connectivity index (χ0v) is 9.59. The van der Waals surface area contributed by atoms with Crippen molar-refractivity contribution in [3.05, 3.63) is 24.0 Å². The summed E-state index contributed by atoms with van der Waals surface area (Å²) in [6.45, 7) is 1.05. The molecule has 1 saturated heterocycles. The van der Waals surface area contributed by atoms with E-state index in [0.717, 1.165) is 25.9 Å². The predicted molar refractivity (Wildman–Crippen MR) is 62.5 cm³/mol. The molecule has 0 radical (unpaired) electrons. The molecule has 2 N–H and O–H groups in total. The first kappa shape index (κ1) is 11.9. The standard InChI is InChI=1S/C12H16N2O3/c13-10-5-9(6-14-7-10)12(15)17-8-11-3-1-2-4-16-11/h5-7,11H,1-4,8,13H2. The van der Waals surface area contributed by atoms with Crippen molar-refractivity contribution in [3.63, 3.8) is 0 Å². The van der Waals surface area contributed by atoms with Gasteiger partial charge in [-0.05, 0) is 25.3 Å². The van der Waals surface area contributed by atoms with Gasteiger partial charge in [0.2, 0.25) is 0 Å². The molecule has 0 amide bonds. The fourth-order valence-corrected chi connectivity index (χ4v) is 1.76. The zero-order valence-electron chi connectivity index (χ0n) is 9.59. The summed E-state index contributed by atoms with van der Waals surface area (Å²) in [6, 6.07) is 1.55. The van der Waals surface area contributed by atoms with Gasteiger partial charge in [0.15, 0.2) is 0 Å². The molecule has 5 heteroatoms. The molecular formula is C12H16N2O3. The quantitative estimate of drug-likeness (QED) is 0.803. The van der Waals surface area contributed by atoms with Crippen LogP contribution in [-0.4, -0.2) is 30.3 Å². The van der Waals surface area contributed by atoms with E-state index in [9.17, 15) is 4.79 Å². The maximum atomic E-state index is 11.7. The molecule has 17 heavy (non-hydrogen) atoms. The second-order valence-electron chi connectivity index (χ2n) is 4.09. The Kier molecular flexibility index (Phi) is 3.93. The first-order valence-electron chi connectivity index (χ1n) is 5.75. The van der Waals surface area contributed by atoms with Gasteiger partial charge in [-0.1, -0.05) is 0 Å². The van der Waals surface area contributed by atoms with Crippen LogP contribution in [0.25, 0.3) is 0 Å². The van der Waals surface area contributed by atoms with Crippen molar-refractivity contribution in [2.75, 3.05) is 18.9 Å². The summed E-state index contributed by atoms with van der Waals surface area (Å²) in [5.41, 5.74) is 6.37. The Labute approximate surface area is 99.9 Å². The second-order valence-corrected chi connectivity index (χ2v) is 4.09. The van der Waals surface area contributed by atoms with Gasteiger partial charge < -0.3 is 15.2 Å². The van der Waals surface area contributed by atoms with Crippen LogP contribution in [0.4, 0.5) is 5.69 Å². The van der Waals surface area contributed by atoms with Gasteiger partial charge in [-0.25, -0.2) is 4.79 Å². The van der Waals surface area contributed by atoms with Crippen LogP contribution in [0.15, 0.2) is 18.5 Å². The van der Waals surface area contributed by atoms with Crippen molar-refractivity contribution in [2.45, 2.75) is 25.4 Å². The molecule has 2 heterocycles. The van der Waals surface area contributed by atoms with E-state index in [0.29, 0.717) is 17.9 Å². The number of anilines is 1. The SMILES string of the molecule is Nc1cncc(C(=O)OCC2CCCCO2)c1. The van der Waals surface area contributed by atoms with Crippen LogP contribution in [0.5, 0.6) is 0 Å². The molecule has 92 valence electrons. The van der Waals surface area contributed by atoms with Crippen LogP contribution in [0.1, 0.15) is 29.6 Å². The second kappa shape index (κ2) is 5.63. The summed E-state index contributed by atoms with van der Waals surface area (Å²) >= 11 is 0. The van der Waals surface area contributed by atoms with Gasteiger partial charge in [0.1, 0.15) is 6.61 Å². The number of esters is 1. The molecule has 1 aliphatic heterocycles. The van der Waals surface area contributed by atoms with E-state index in [-0.39, 0.29) is 6.10 Å². The Bertz CT molecular complexity index is 389. The fourth-order valence-electron chi connectivity index (χ4n) is 1.76. The minimum Gasteiger partial charge on any atom is -0.459 e. The number of ether oxygens (including phenoxy) is 2. The van der Waals surface area contributed by atoms with Crippen molar-refractivity contribution in [3.8, 4) is 0 Å². The monoisotopic (exact) mass is 236 g/mol. The summed E-state index contributed by atoms with van der Waals surface area (Å²) < 4.78 is 10.6. The van der Waals surface area contributed by atoms with Crippen LogP contribution in [0.2, 0.25) is 0 Å². The summed E-state index contributed by atoms with van der Waals surface area (Å²) in [4.78, 5) is 15.5. The zero-order chi connectivity index (χ0) is 12.1. The number of hydrogen-bond donors (Lipinski definition) is 1. The van der Waals surface area contributed by atoms with Crippen LogP contribution >= 0.6 is 0 Å². The van der Waals surface area contributed by atoms with E-state index >= 15 is 0 Å². The van der Waals surface area contributed by atoms with Gasteiger partial charge in [0, 0.05) is 19.0 Å². The highest BCUT2D eigenvalue weighted by molar-refractivity contribution is 5.89. The largest absolute Gasteiger partial charge is 0.459 e. The first-order valence-corrected chi connectivity index (χ1v) is 5.75. The van der Waals surface area contributed by atoms with E-state index in [1.807, 2.05) is 0 Å². The number of hydrogen-bond acceptors (Lipinski definition) is 5. The smallest absolute Gasteiger partial charge is 0.339 e. The number of aromatic nitrogens is 1. The van der Waals surface area contributed by atoms with Crippen molar-refractivity contribution >= 4 is 11.7 Å². The predicted octanol–water partition coefficient (Wildman–Crippen LogP) is 1.39. The lowest BCUT2D eigenvalue weighted by molar-refractivity contribution is -0.0300. The third-order valence-corrected chi connectivity index (χ3v) is 2.67. The lowest BCUT2D eigenvalue weighted by Crippen LogP contribution is -2.26. The molecule has 0 aliphatic carbocycles. The number of rotatable bonds is 3. The van der Waals surface area contributed by atoms with Crippen molar-refractivity contribution in [1.82, 2.24) is 4.98 Å². The molecule has 1 aromatic rings. The average Bonchev–Trinajstić information content (AvgIpc) is 2.37. The highest BCUT2D eigenvalue weighted by atomic mass is 16.6. The number of carbonyl (C=O) groups is 1. The number of nitrogens with two attached hydrogens (primary N) is 1. The van der Waals surface area contributed by atoms with E-state index in [1.54, 1.807) is 6.07 Å². The van der Waals surface area contributed by atoms with E-state index < -0.39 is 5.97 Å². The highest BCUT2D eigenvalue weighted by Gasteiger charge is 2.16. The van der Waals surface area contributed by atoms with Crippen LogP contribution in [0, 0.1) is 0 Å². The minimum atomic E-state index is -0.404. The third-order valence-electron chi connectivity index (χ3n) is 2.67. The molecule has 2 rings (SSSR count). The van der Waals surface area contributed by atoms with Gasteiger partial charge >= 0.3 is 5.97 Å². The molecule has 1 fully saturated rings. The van der Waals surface area contributed by atoms with Gasteiger partial charge in [-0.2, -0.15) is 0 Å². The van der Waals surface area contributed by atoms with Gasteiger partial charge in [-0.15, -0.1) is 0 Å². The third kappa shape index (κ3) is 3.42. The van der Waals surface area contributed by atoms with Gasteiger partial charge in [0.25, 0.3) is 0 Å². The Morgan fingerprint density at radius 2 is 2.41 bits per heavy atom. The topological polar surface area (TPSA) is 74.4 Å². The maximum Gasteiger partial charge on any atom is 0.339 e. The van der Waals surface area contributed by atoms with Crippen molar-refractivity contribution < 1.29 is 14.3 Å². The Morgan fingerprint density at radius 3 is 3.12 bits per heavy atom. The number of pyridine rings is 1. The van der Waals surface area contributed by atoms with Gasteiger partial charge in [0.05, 0.1) is 17.4 Å². The summed E-state index contributed by atoms with van der Waals surface area (Å²) in [5, 5.41) is 0.